The fraction of sp³-hybridized carbons (Fsp3) is 0.409. The summed E-state index contributed by atoms with van der Waals surface area (Å²) in [5.41, 5.74) is 1.10. The summed E-state index contributed by atoms with van der Waals surface area (Å²) in [4.78, 5) is 15.4. The van der Waals surface area contributed by atoms with Gasteiger partial charge in [-0.2, -0.15) is 0 Å². The van der Waals surface area contributed by atoms with Crippen molar-refractivity contribution < 1.29 is 9.53 Å². The molecule has 0 radical (unpaired) electrons. The molecule has 2 aromatic rings. The van der Waals surface area contributed by atoms with Crippen LogP contribution in [0.2, 0.25) is 0 Å². The van der Waals surface area contributed by atoms with Gasteiger partial charge in [-0.25, -0.2) is 0 Å². The summed E-state index contributed by atoms with van der Waals surface area (Å²) in [5, 5.41) is 0. The molecule has 0 spiro atoms. The van der Waals surface area contributed by atoms with Gasteiger partial charge in [0.15, 0.2) is 0 Å². The minimum absolute atomic E-state index is 0.197. The molecule has 25 heavy (non-hydrogen) atoms. The van der Waals surface area contributed by atoms with E-state index < -0.39 is 5.41 Å². The third kappa shape index (κ3) is 4.70. The van der Waals surface area contributed by atoms with E-state index >= 15 is 0 Å². The first-order valence-electron chi connectivity index (χ1n) is 9.13. The zero-order chi connectivity index (χ0) is 18.1. The van der Waals surface area contributed by atoms with E-state index in [1.165, 1.54) is 0 Å². The molecule has 0 aromatic heterocycles. The van der Waals surface area contributed by atoms with Crippen molar-refractivity contribution in [1.29, 1.82) is 0 Å². The largest absolute Gasteiger partial charge is 0.463 e. The van der Waals surface area contributed by atoms with Gasteiger partial charge in [0, 0.05) is 6.54 Å². The van der Waals surface area contributed by atoms with Gasteiger partial charge in [-0.3, -0.25) is 4.79 Å². The molecule has 0 atom stereocenters. The summed E-state index contributed by atoms with van der Waals surface area (Å²) in [6.07, 6.45) is 1.10. The maximum Gasteiger partial charge on any atom is 0.320 e. The highest BCUT2D eigenvalue weighted by Crippen LogP contribution is 2.33. The van der Waals surface area contributed by atoms with E-state index in [-0.39, 0.29) is 5.97 Å². The molecule has 0 aliphatic heterocycles. The number of ether oxygens (including phenoxy) is 1. The summed E-state index contributed by atoms with van der Waals surface area (Å²) in [6.45, 7) is 9.44. The summed E-state index contributed by atoms with van der Waals surface area (Å²) in [7, 11) is 0. The third-order valence-electron chi connectivity index (χ3n) is 4.74. The van der Waals surface area contributed by atoms with Gasteiger partial charge in [-0.1, -0.05) is 74.5 Å². The summed E-state index contributed by atoms with van der Waals surface area (Å²) in [6, 6.07) is 19.7. The van der Waals surface area contributed by atoms with Crippen molar-refractivity contribution in [2.24, 2.45) is 0 Å². The molecule has 0 amide bonds. The van der Waals surface area contributed by atoms with Crippen molar-refractivity contribution in [3.05, 3.63) is 71.8 Å². The molecule has 0 unspecified atom stereocenters. The SMILES string of the molecule is CCCN(CC)CCOC(=O)C(C)(c1ccccc1)c1ccccc1. The Labute approximate surface area is 151 Å². The highest BCUT2D eigenvalue weighted by molar-refractivity contribution is 5.87. The average Bonchev–Trinajstić information content (AvgIpc) is 2.67. The number of esters is 1. The number of rotatable bonds is 9. The van der Waals surface area contributed by atoms with Gasteiger partial charge in [0.05, 0.1) is 0 Å². The van der Waals surface area contributed by atoms with Crippen LogP contribution >= 0.6 is 0 Å². The molecule has 0 fully saturated rings. The summed E-state index contributed by atoms with van der Waals surface area (Å²) < 4.78 is 5.71. The van der Waals surface area contributed by atoms with E-state index in [0.717, 1.165) is 37.2 Å². The van der Waals surface area contributed by atoms with Crippen LogP contribution < -0.4 is 0 Å². The number of nitrogens with zero attached hydrogens (tertiary/aromatic N) is 1. The quantitative estimate of drug-likeness (QED) is 0.639. The molecular formula is C22H29NO2. The second kappa shape index (κ2) is 9.38. The van der Waals surface area contributed by atoms with Gasteiger partial charge in [0.1, 0.15) is 12.0 Å². The highest BCUT2D eigenvalue weighted by atomic mass is 16.5. The molecule has 0 saturated carbocycles. The molecule has 0 aliphatic carbocycles. The zero-order valence-electron chi connectivity index (χ0n) is 15.6. The Morgan fingerprint density at radius 3 is 1.88 bits per heavy atom. The second-order valence-electron chi connectivity index (χ2n) is 6.43. The van der Waals surface area contributed by atoms with E-state index in [4.69, 9.17) is 4.74 Å². The van der Waals surface area contributed by atoms with Crippen LogP contribution in [0.1, 0.15) is 38.3 Å². The lowest BCUT2D eigenvalue weighted by atomic mass is 9.76. The highest BCUT2D eigenvalue weighted by Gasteiger charge is 2.38. The predicted molar refractivity (Wildman–Crippen MR) is 103 cm³/mol. The number of carbonyl (C=O) groups excluding carboxylic acids is 1. The molecule has 0 aliphatic rings. The molecule has 2 aromatic carbocycles. The molecule has 3 heteroatoms. The standard InChI is InChI=1S/C22H29NO2/c1-4-16-23(5-2)17-18-25-21(24)22(3,19-12-8-6-9-13-19)20-14-10-7-11-15-20/h6-15H,4-5,16-18H2,1-3H3. The fourth-order valence-electron chi connectivity index (χ4n) is 3.10. The first-order chi connectivity index (χ1) is 12.1. The van der Waals surface area contributed by atoms with Crippen molar-refractivity contribution in [3.63, 3.8) is 0 Å². The number of carbonyl (C=O) groups is 1. The van der Waals surface area contributed by atoms with Crippen LogP contribution in [0.3, 0.4) is 0 Å². The van der Waals surface area contributed by atoms with Crippen LogP contribution in [0.15, 0.2) is 60.7 Å². The smallest absolute Gasteiger partial charge is 0.320 e. The minimum atomic E-state index is -0.801. The van der Waals surface area contributed by atoms with Gasteiger partial charge in [-0.15, -0.1) is 0 Å². The molecule has 0 saturated heterocycles. The van der Waals surface area contributed by atoms with Crippen LogP contribution in [0.4, 0.5) is 0 Å². The number of benzene rings is 2. The Morgan fingerprint density at radius 1 is 0.920 bits per heavy atom. The molecule has 0 bridgehead atoms. The Balaban J connectivity index is 2.18. The van der Waals surface area contributed by atoms with Gasteiger partial charge >= 0.3 is 5.97 Å². The monoisotopic (exact) mass is 339 g/mol. The fourth-order valence-corrected chi connectivity index (χ4v) is 3.10. The van der Waals surface area contributed by atoms with Crippen LogP contribution in [-0.2, 0) is 14.9 Å². The van der Waals surface area contributed by atoms with Crippen molar-refractivity contribution in [1.82, 2.24) is 4.90 Å². The second-order valence-corrected chi connectivity index (χ2v) is 6.43. The summed E-state index contributed by atoms with van der Waals surface area (Å²) >= 11 is 0. The number of hydrogen-bond donors (Lipinski definition) is 0. The van der Waals surface area contributed by atoms with E-state index in [2.05, 4.69) is 18.7 Å². The number of hydrogen-bond acceptors (Lipinski definition) is 3. The normalized spacial score (nSPS) is 11.5. The maximum absolute atomic E-state index is 13.1. The Hall–Kier alpha value is -2.13. The van der Waals surface area contributed by atoms with E-state index in [1.54, 1.807) is 0 Å². The Morgan fingerprint density at radius 2 is 1.44 bits per heavy atom. The first-order valence-corrected chi connectivity index (χ1v) is 9.13. The molecular weight excluding hydrogens is 310 g/mol. The van der Waals surface area contributed by atoms with E-state index in [0.29, 0.717) is 6.61 Å². The topological polar surface area (TPSA) is 29.5 Å². The molecule has 3 nitrogen and oxygen atoms in total. The van der Waals surface area contributed by atoms with Gasteiger partial charge in [0.25, 0.3) is 0 Å². The lowest BCUT2D eigenvalue weighted by Gasteiger charge is -2.29. The Kier molecular flexibility index (Phi) is 7.20. The van der Waals surface area contributed by atoms with Crippen molar-refractivity contribution in [3.8, 4) is 0 Å². The molecule has 0 heterocycles. The minimum Gasteiger partial charge on any atom is -0.463 e. The van der Waals surface area contributed by atoms with Crippen LogP contribution in [0.5, 0.6) is 0 Å². The van der Waals surface area contributed by atoms with E-state index in [1.807, 2.05) is 67.6 Å². The van der Waals surface area contributed by atoms with Crippen molar-refractivity contribution in [2.75, 3.05) is 26.2 Å². The molecule has 0 N–H and O–H groups in total. The van der Waals surface area contributed by atoms with Crippen LogP contribution in [0.25, 0.3) is 0 Å². The lowest BCUT2D eigenvalue weighted by molar-refractivity contribution is -0.148. The Bertz CT molecular complexity index is 600. The predicted octanol–water partition coefficient (Wildman–Crippen LogP) is 4.27. The lowest BCUT2D eigenvalue weighted by Crippen LogP contribution is -2.37. The van der Waals surface area contributed by atoms with Crippen LogP contribution in [-0.4, -0.2) is 37.1 Å². The zero-order valence-corrected chi connectivity index (χ0v) is 15.6. The van der Waals surface area contributed by atoms with Gasteiger partial charge in [-0.05, 0) is 37.6 Å². The number of likely N-dealkylation sites (N-methyl/N-ethyl adjacent to an activating group) is 1. The van der Waals surface area contributed by atoms with Gasteiger partial charge < -0.3 is 9.64 Å². The van der Waals surface area contributed by atoms with Crippen molar-refractivity contribution in [2.45, 2.75) is 32.6 Å². The third-order valence-corrected chi connectivity index (χ3v) is 4.74. The molecule has 2 rings (SSSR count). The van der Waals surface area contributed by atoms with E-state index in [9.17, 15) is 4.79 Å². The average molecular weight is 339 g/mol. The maximum atomic E-state index is 13.1. The van der Waals surface area contributed by atoms with Crippen molar-refractivity contribution >= 4 is 5.97 Å². The van der Waals surface area contributed by atoms with Gasteiger partial charge in [0.2, 0.25) is 0 Å². The van der Waals surface area contributed by atoms with Crippen LogP contribution in [0, 0.1) is 0 Å². The summed E-state index contributed by atoms with van der Waals surface area (Å²) in [5.74, 6) is -0.197. The first kappa shape index (κ1) is 19.2. The molecule has 134 valence electrons.